The molecule has 0 fully saturated rings. The third kappa shape index (κ3) is 5.55. The third-order valence-corrected chi connectivity index (χ3v) is 3.40. The van der Waals surface area contributed by atoms with Gasteiger partial charge in [-0.3, -0.25) is 11.3 Å². The second kappa shape index (κ2) is 8.73. The number of hydrazine groups is 1. The topological polar surface area (TPSA) is 47.3 Å². The lowest BCUT2D eigenvalue weighted by molar-refractivity contribution is 0.124. The van der Waals surface area contributed by atoms with Crippen LogP contribution in [0.25, 0.3) is 0 Å². The zero-order valence-corrected chi connectivity index (χ0v) is 12.1. The van der Waals surface area contributed by atoms with Gasteiger partial charge < -0.3 is 4.74 Å². The summed E-state index contributed by atoms with van der Waals surface area (Å²) in [6.07, 6.45) is 2.72. The summed E-state index contributed by atoms with van der Waals surface area (Å²) >= 11 is 11.9. The van der Waals surface area contributed by atoms with Gasteiger partial charge in [0.15, 0.2) is 0 Å². The van der Waals surface area contributed by atoms with Gasteiger partial charge in [-0.05, 0) is 37.0 Å². The van der Waals surface area contributed by atoms with Crippen LogP contribution in [0.4, 0.5) is 0 Å². The maximum absolute atomic E-state index is 5.98. The van der Waals surface area contributed by atoms with Crippen LogP contribution in [0.15, 0.2) is 18.2 Å². The molecule has 18 heavy (non-hydrogen) atoms. The zero-order chi connectivity index (χ0) is 13.4. The standard InChI is InChI=1S/C13H20Cl2N2O/c1-2-6-18-7-5-11(17-16)8-10-3-4-12(14)13(15)9-10/h3-4,9,11,17H,2,5-8,16H2,1H3. The number of rotatable bonds is 8. The van der Waals surface area contributed by atoms with E-state index in [1.165, 1.54) is 0 Å². The molecule has 0 radical (unpaired) electrons. The summed E-state index contributed by atoms with van der Waals surface area (Å²) in [4.78, 5) is 0. The first-order chi connectivity index (χ1) is 8.67. The Kier molecular flexibility index (Phi) is 7.63. The molecule has 0 aliphatic rings. The lowest BCUT2D eigenvalue weighted by atomic mass is 10.0. The van der Waals surface area contributed by atoms with Crippen molar-refractivity contribution in [3.8, 4) is 0 Å². The second-order valence-corrected chi connectivity index (χ2v) is 5.03. The van der Waals surface area contributed by atoms with Gasteiger partial charge in [-0.25, -0.2) is 0 Å². The molecule has 0 amide bonds. The smallest absolute Gasteiger partial charge is 0.0595 e. The fourth-order valence-corrected chi connectivity index (χ4v) is 1.99. The molecular weight excluding hydrogens is 271 g/mol. The molecule has 0 aliphatic heterocycles. The SMILES string of the molecule is CCCOCCC(Cc1ccc(Cl)c(Cl)c1)NN. The molecule has 0 spiro atoms. The van der Waals surface area contributed by atoms with Crippen LogP contribution in [-0.4, -0.2) is 19.3 Å². The van der Waals surface area contributed by atoms with Crippen LogP contribution in [0, 0.1) is 0 Å². The summed E-state index contributed by atoms with van der Waals surface area (Å²) in [6.45, 7) is 3.60. The van der Waals surface area contributed by atoms with E-state index in [1.807, 2.05) is 12.1 Å². The van der Waals surface area contributed by atoms with Gasteiger partial charge in [0.2, 0.25) is 0 Å². The van der Waals surface area contributed by atoms with E-state index in [2.05, 4.69) is 12.3 Å². The summed E-state index contributed by atoms with van der Waals surface area (Å²) in [5.74, 6) is 5.54. The van der Waals surface area contributed by atoms with Gasteiger partial charge in [0.25, 0.3) is 0 Å². The number of hydrogen-bond donors (Lipinski definition) is 2. The van der Waals surface area contributed by atoms with Crippen molar-refractivity contribution in [1.82, 2.24) is 5.43 Å². The van der Waals surface area contributed by atoms with Crippen LogP contribution in [0.2, 0.25) is 10.0 Å². The molecule has 0 saturated heterocycles. The molecule has 1 atom stereocenters. The molecule has 0 aliphatic carbocycles. The van der Waals surface area contributed by atoms with Gasteiger partial charge in [-0.15, -0.1) is 0 Å². The average Bonchev–Trinajstić information content (AvgIpc) is 2.37. The van der Waals surface area contributed by atoms with Crippen LogP contribution in [0.5, 0.6) is 0 Å². The largest absolute Gasteiger partial charge is 0.381 e. The van der Waals surface area contributed by atoms with Crippen molar-refractivity contribution in [2.75, 3.05) is 13.2 Å². The molecule has 5 heteroatoms. The van der Waals surface area contributed by atoms with Crippen molar-refractivity contribution in [2.45, 2.75) is 32.2 Å². The van der Waals surface area contributed by atoms with Gasteiger partial charge in [0, 0.05) is 19.3 Å². The van der Waals surface area contributed by atoms with Gasteiger partial charge in [0.1, 0.15) is 0 Å². The first-order valence-electron chi connectivity index (χ1n) is 6.15. The molecule has 3 N–H and O–H groups in total. The molecule has 1 aromatic carbocycles. The van der Waals surface area contributed by atoms with E-state index in [0.29, 0.717) is 16.7 Å². The van der Waals surface area contributed by atoms with Crippen molar-refractivity contribution in [3.05, 3.63) is 33.8 Å². The fraction of sp³-hybridized carbons (Fsp3) is 0.538. The maximum atomic E-state index is 5.98. The maximum Gasteiger partial charge on any atom is 0.0595 e. The van der Waals surface area contributed by atoms with Crippen LogP contribution >= 0.6 is 23.2 Å². The summed E-state index contributed by atoms with van der Waals surface area (Å²) in [7, 11) is 0. The van der Waals surface area contributed by atoms with Crippen molar-refractivity contribution in [2.24, 2.45) is 5.84 Å². The van der Waals surface area contributed by atoms with Gasteiger partial charge in [-0.1, -0.05) is 36.2 Å². The molecule has 1 unspecified atom stereocenters. The Morgan fingerprint density at radius 1 is 1.28 bits per heavy atom. The lowest BCUT2D eigenvalue weighted by Gasteiger charge is -2.16. The minimum Gasteiger partial charge on any atom is -0.381 e. The van der Waals surface area contributed by atoms with E-state index < -0.39 is 0 Å². The quantitative estimate of drug-likeness (QED) is 0.439. The average molecular weight is 291 g/mol. The number of nitrogens with two attached hydrogens (primary N) is 1. The molecule has 0 aromatic heterocycles. The highest BCUT2D eigenvalue weighted by Gasteiger charge is 2.09. The highest BCUT2D eigenvalue weighted by Crippen LogP contribution is 2.23. The first kappa shape index (κ1) is 15.7. The van der Waals surface area contributed by atoms with Gasteiger partial charge in [0.05, 0.1) is 10.0 Å². The third-order valence-electron chi connectivity index (χ3n) is 2.66. The normalized spacial score (nSPS) is 12.7. The highest BCUT2D eigenvalue weighted by molar-refractivity contribution is 6.42. The van der Waals surface area contributed by atoms with Crippen molar-refractivity contribution >= 4 is 23.2 Å². The van der Waals surface area contributed by atoms with E-state index in [1.54, 1.807) is 6.07 Å². The lowest BCUT2D eigenvalue weighted by Crippen LogP contribution is -2.37. The molecule has 1 aromatic rings. The molecule has 3 nitrogen and oxygen atoms in total. The van der Waals surface area contributed by atoms with Crippen LogP contribution < -0.4 is 11.3 Å². The summed E-state index contributed by atoms with van der Waals surface area (Å²) in [5, 5.41) is 1.15. The molecular formula is C13H20Cl2N2O. The number of ether oxygens (including phenoxy) is 1. The van der Waals surface area contributed by atoms with E-state index in [-0.39, 0.29) is 6.04 Å². The predicted molar refractivity (Wildman–Crippen MR) is 77.0 cm³/mol. The number of nitrogens with one attached hydrogen (secondary N) is 1. The Morgan fingerprint density at radius 2 is 2.06 bits per heavy atom. The summed E-state index contributed by atoms with van der Waals surface area (Å²) < 4.78 is 5.45. The summed E-state index contributed by atoms with van der Waals surface area (Å²) in [5.41, 5.74) is 3.92. The van der Waals surface area contributed by atoms with E-state index >= 15 is 0 Å². The molecule has 1 rings (SSSR count). The highest BCUT2D eigenvalue weighted by atomic mass is 35.5. The monoisotopic (exact) mass is 290 g/mol. The molecule has 0 saturated carbocycles. The van der Waals surface area contributed by atoms with Crippen LogP contribution in [0.3, 0.4) is 0 Å². The minimum atomic E-state index is 0.180. The Bertz CT molecular complexity index is 361. The van der Waals surface area contributed by atoms with E-state index in [4.69, 9.17) is 33.8 Å². The van der Waals surface area contributed by atoms with E-state index in [0.717, 1.165) is 31.4 Å². The summed E-state index contributed by atoms with van der Waals surface area (Å²) in [6, 6.07) is 5.83. The Hall–Kier alpha value is -0.320. The molecule has 0 heterocycles. The second-order valence-electron chi connectivity index (χ2n) is 4.22. The van der Waals surface area contributed by atoms with Crippen molar-refractivity contribution in [1.29, 1.82) is 0 Å². The van der Waals surface area contributed by atoms with Crippen molar-refractivity contribution in [3.63, 3.8) is 0 Å². The molecule has 102 valence electrons. The predicted octanol–water partition coefficient (Wildman–Crippen LogP) is 3.18. The Labute approximate surface area is 119 Å². The minimum absolute atomic E-state index is 0.180. The Balaban J connectivity index is 2.44. The number of benzene rings is 1. The number of halogens is 2. The van der Waals surface area contributed by atoms with E-state index in [9.17, 15) is 0 Å². The van der Waals surface area contributed by atoms with Crippen LogP contribution in [-0.2, 0) is 11.2 Å². The molecule has 0 bridgehead atoms. The van der Waals surface area contributed by atoms with Crippen molar-refractivity contribution < 1.29 is 4.74 Å². The van der Waals surface area contributed by atoms with Gasteiger partial charge >= 0.3 is 0 Å². The first-order valence-corrected chi connectivity index (χ1v) is 6.90. The van der Waals surface area contributed by atoms with Crippen LogP contribution in [0.1, 0.15) is 25.3 Å². The van der Waals surface area contributed by atoms with Gasteiger partial charge in [-0.2, -0.15) is 0 Å². The Morgan fingerprint density at radius 3 is 2.67 bits per heavy atom. The fourth-order valence-electron chi connectivity index (χ4n) is 1.67. The number of hydrogen-bond acceptors (Lipinski definition) is 3. The zero-order valence-electron chi connectivity index (χ0n) is 10.6.